The van der Waals surface area contributed by atoms with Gasteiger partial charge >= 0.3 is 0 Å². The lowest BCUT2D eigenvalue weighted by Gasteiger charge is -1.27. The minimum absolute atomic E-state index is 1.08. The minimum Gasteiger partial charge on any atom is -0.427 e. The van der Waals surface area contributed by atoms with Gasteiger partial charge in [0, 0.05) is 0 Å². The molecule has 0 amide bonds. The highest BCUT2D eigenvalue weighted by molar-refractivity contribution is 7.51. The fraction of sp³-hybridized carbons (Fsp3) is 0. The topological polar surface area (TPSA) is 34.1 Å². The van der Waals surface area contributed by atoms with Crippen LogP contribution in [0.1, 0.15) is 0 Å². The molecule has 3 heteroatoms. The molecule has 0 radical (unpaired) electrons. The van der Waals surface area contributed by atoms with E-state index in [1.165, 1.54) is 0 Å². The Morgan fingerprint density at radius 1 is 1.20 bits per heavy atom. The second-order valence-electron chi connectivity index (χ2n) is 0.0745. The van der Waals surface area contributed by atoms with Gasteiger partial charge in [0.15, 0.2) is 0 Å². The van der Waals surface area contributed by atoms with Gasteiger partial charge in [-0.15, -0.1) is 13.2 Å². The second-order valence-corrected chi connectivity index (χ2v) is 0.224. The van der Waals surface area contributed by atoms with Crippen molar-refractivity contribution in [3.63, 3.8) is 0 Å². The molecule has 0 rings (SSSR count). The van der Waals surface area contributed by atoms with Crippen molar-refractivity contribution in [2.24, 2.45) is 0 Å². The summed E-state index contributed by atoms with van der Waals surface area (Å²) in [5.41, 5.74) is 0. The van der Waals surface area contributed by atoms with Crippen molar-refractivity contribution in [3.05, 3.63) is 13.2 Å². The average Bonchev–Trinajstić information content (AvgIpc) is 1.46. The van der Waals surface area contributed by atoms with Gasteiger partial charge in [0.05, 0.1) is 0 Å². The van der Waals surface area contributed by atoms with Gasteiger partial charge in [-0.05, 0) is 0 Å². The minimum atomic E-state index is -1.08. The Balaban J connectivity index is 0. The molecular weight excluding hydrogens is 88.1 g/mol. The van der Waals surface area contributed by atoms with Crippen LogP contribution < -0.4 is 0 Å². The van der Waals surface area contributed by atoms with Gasteiger partial charge in [-0.3, -0.25) is 0 Å². The normalized spacial score (nSPS) is 4.00. The number of thiol groups is 1. The maximum absolute atomic E-state index is 8.35. The zero-order chi connectivity index (χ0) is 4.71. The first-order chi connectivity index (χ1) is 2.41. The number of hydrogen-bond acceptors (Lipinski definition) is 3. The van der Waals surface area contributed by atoms with E-state index in [4.69, 9.17) is 8.42 Å². The van der Waals surface area contributed by atoms with Crippen LogP contribution in [0, 0.1) is 0 Å². The Labute approximate surface area is 34.1 Å². The van der Waals surface area contributed by atoms with E-state index in [1.807, 2.05) is 0 Å². The summed E-state index contributed by atoms with van der Waals surface area (Å²) in [4.78, 5) is 0. The van der Waals surface area contributed by atoms with E-state index in [-0.39, 0.29) is 0 Å². The molecule has 0 aromatic carbocycles. The van der Waals surface area contributed by atoms with Crippen molar-refractivity contribution in [2.75, 3.05) is 0 Å². The first-order valence-corrected chi connectivity index (χ1v) is 1.60. The van der Waals surface area contributed by atoms with Crippen LogP contribution in [0.2, 0.25) is 0 Å². The highest BCUT2D eigenvalue weighted by Gasteiger charge is 0.757. The van der Waals surface area contributed by atoms with E-state index in [0.717, 1.165) is 0 Å². The molecular formula is C2H5O2S-. The quantitative estimate of drug-likeness (QED) is 0.245. The molecule has 0 saturated heterocycles. The molecule has 0 aromatic rings. The summed E-state index contributed by atoms with van der Waals surface area (Å²) in [6, 6.07) is 0. The van der Waals surface area contributed by atoms with Crippen LogP contribution in [0.25, 0.3) is 0 Å². The maximum atomic E-state index is 8.35. The summed E-state index contributed by atoms with van der Waals surface area (Å²) in [7, 11) is 0. The van der Waals surface area contributed by atoms with E-state index >= 15 is 0 Å². The van der Waals surface area contributed by atoms with Crippen LogP contribution in [0.3, 0.4) is 0 Å². The van der Waals surface area contributed by atoms with Crippen LogP contribution in [-0.2, 0) is 20.0 Å². The van der Waals surface area contributed by atoms with Crippen LogP contribution >= 0.6 is 0 Å². The van der Waals surface area contributed by atoms with Crippen molar-refractivity contribution in [3.8, 4) is 0 Å². The zero-order valence-electron chi connectivity index (χ0n) is 2.68. The van der Waals surface area contributed by atoms with Crippen LogP contribution in [-0.4, -0.2) is 0 Å². The molecule has 0 aliphatic carbocycles. The Morgan fingerprint density at radius 3 is 1.20 bits per heavy atom. The highest BCUT2D eigenvalue weighted by atomic mass is 32.1. The summed E-state index contributed by atoms with van der Waals surface area (Å²) < 4.78 is 16.7. The van der Waals surface area contributed by atoms with Crippen LogP contribution in [0.4, 0.5) is 0 Å². The van der Waals surface area contributed by atoms with Crippen molar-refractivity contribution in [2.45, 2.75) is 0 Å². The lowest BCUT2D eigenvalue weighted by Crippen LogP contribution is -1.06. The molecule has 0 aromatic heterocycles. The predicted molar refractivity (Wildman–Crippen MR) is 21.4 cm³/mol. The van der Waals surface area contributed by atoms with E-state index < -0.39 is 11.6 Å². The molecule has 0 bridgehead atoms. The Kier molecular flexibility index (Phi) is 99.0. The second kappa shape index (κ2) is 56.1. The average molecular weight is 93.1 g/mol. The first-order valence-electron chi connectivity index (χ1n) is 0.865. The van der Waals surface area contributed by atoms with Crippen LogP contribution in [0.5, 0.6) is 0 Å². The first kappa shape index (κ1) is 8.83. The maximum Gasteiger partial charge on any atom is -0.0885 e. The summed E-state index contributed by atoms with van der Waals surface area (Å²) in [5, 5.41) is 0. The third kappa shape index (κ3) is 110. The van der Waals surface area contributed by atoms with Crippen molar-refractivity contribution < 1.29 is 8.42 Å². The predicted octanol–water partition coefficient (Wildman–Crippen LogP) is 0.294. The van der Waals surface area contributed by atoms with Gasteiger partial charge in [-0.2, -0.15) is 0 Å². The molecule has 0 aliphatic heterocycles. The van der Waals surface area contributed by atoms with E-state index in [2.05, 4.69) is 13.2 Å². The Hall–Kier alpha value is -0.310. The fourth-order valence-electron chi connectivity index (χ4n) is 0. The van der Waals surface area contributed by atoms with Crippen molar-refractivity contribution in [1.29, 1.82) is 0 Å². The Bertz CT molecular complexity index is 36.9. The van der Waals surface area contributed by atoms with Gasteiger partial charge in [-0.25, -0.2) is 0 Å². The molecule has 0 saturated carbocycles. The summed E-state index contributed by atoms with van der Waals surface area (Å²) in [6.07, 6.45) is 0. The largest absolute Gasteiger partial charge is 0.427 e. The molecule has 0 aliphatic rings. The number of rotatable bonds is 0. The summed E-state index contributed by atoms with van der Waals surface area (Å²) in [6.45, 7) is 6.00. The van der Waals surface area contributed by atoms with E-state index in [9.17, 15) is 0 Å². The highest BCUT2D eigenvalue weighted by Crippen LogP contribution is 0.942. The molecule has 2 nitrogen and oxygen atoms in total. The zero-order valence-corrected chi connectivity index (χ0v) is 3.57. The lowest BCUT2D eigenvalue weighted by atomic mass is 11.3. The standard InChI is InChI=1S/C2H4.HO2S/c1-2;1-3-2/h1-2H2;3H/q;-1. The van der Waals surface area contributed by atoms with Gasteiger partial charge in [0.1, 0.15) is 0 Å². The Morgan fingerprint density at radius 2 is 1.20 bits per heavy atom. The van der Waals surface area contributed by atoms with Gasteiger partial charge in [0.25, 0.3) is 0 Å². The monoisotopic (exact) mass is 93.0 g/mol. The van der Waals surface area contributed by atoms with Crippen molar-refractivity contribution in [1.82, 2.24) is 0 Å². The van der Waals surface area contributed by atoms with E-state index in [0.29, 0.717) is 0 Å². The summed E-state index contributed by atoms with van der Waals surface area (Å²) >= 11 is -1.08. The van der Waals surface area contributed by atoms with Gasteiger partial charge in [-0.1, -0.05) is 11.6 Å². The molecule has 0 fully saturated rings. The van der Waals surface area contributed by atoms with E-state index in [1.54, 1.807) is 0 Å². The molecule has 0 unspecified atom stereocenters. The third-order valence-electron chi connectivity index (χ3n) is 0. The lowest BCUT2D eigenvalue weighted by molar-refractivity contribution is 0.541. The number of hydrogen-bond donors (Lipinski definition) is 0. The molecule has 0 heterocycles. The molecule has 5 heavy (non-hydrogen) atoms. The molecule has 0 N–H and O–H groups in total. The summed E-state index contributed by atoms with van der Waals surface area (Å²) in [5.74, 6) is 0. The van der Waals surface area contributed by atoms with Gasteiger partial charge in [0.2, 0.25) is 0 Å². The van der Waals surface area contributed by atoms with Crippen LogP contribution in [0.15, 0.2) is 13.2 Å². The third-order valence-corrected chi connectivity index (χ3v) is 0. The molecule has 32 valence electrons. The smallest absolute Gasteiger partial charge is 0.0885 e. The van der Waals surface area contributed by atoms with Crippen molar-refractivity contribution >= 4 is 11.6 Å². The molecule has 0 atom stereocenters. The fourth-order valence-corrected chi connectivity index (χ4v) is 0. The molecule has 0 spiro atoms. The van der Waals surface area contributed by atoms with Gasteiger partial charge < -0.3 is 8.42 Å². The SMILES string of the molecule is C=C.O=[SH-]=O.